The minimum atomic E-state index is -2.40. The fourth-order valence-electron chi connectivity index (χ4n) is 1.06. The first-order valence-electron chi connectivity index (χ1n) is 3.67. The normalized spacial score (nSPS) is 32.0. The van der Waals surface area contributed by atoms with Crippen LogP contribution in [0.4, 0.5) is 4.79 Å². The molecule has 78 valence electrons. The molecule has 8 heteroatoms. The summed E-state index contributed by atoms with van der Waals surface area (Å²) in [6, 6.07) is -0.948. The van der Waals surface area contributed by atoms with Gasteiger partial charge in [0.25, 0.3) is 5.91 Å². The molecule has 0 spiro atoms. The SMILES string of the molecule is NC(=O)CC1(O)C(=O)NC(=O)NC1O. The van der Waals surface area contributed by atoms with Gasteiger partial charge in [0.15, 0.2) is 11.8 Å². The van der Waals surface area contributed by atoms with Crippen molar-refractivity contribution < 1.29 is 24.6 Å². The molecule has 1 rings (SSSR count). The summed E-state index contributed by atoms with van der Waals surface area (Å²) in [5.74, 6) is -2.13. The zero-order chi connectivity index (χ0) is 10.9. The first kappa shape index (κ1) is 10.4. The molecule has 0 bridgehead atoms. The van der Waals surface area contributed by atoms with Crippen LogP contribution in [-0.4, -0.2) is 39.9 Å². The Labute approximate surface area is 78.1 Å². The standard InChI is InChI=1S/C6H9N3O5/c7-2(10)1-6(14)3(11)8-5(13)9-4(6)12/h3,11,14H,1H2,(H2,7,10)(H2,8,9,12,13). The van der Waals surface area contributed by atoms with Crippen LogP contribution in [0.15, 0.2) is 0 Å². The summed E-state index contributed by atoms with van der Waals surface area (Å²) in [6.45, 7) is 0. The summed E-state index contributed by atoms with van der Waals surface area (Å²) in [6.07, 6.45) is -2.63. The summed E-state index contributed by atoms with van der Waals surface area (Å²) < 4.78 is 0. The van der Waals surface area contributed by atoms with Crippen LogP contribution in [-0.2, 0) is 9.59 Å². The van der Waals surface area contributed by atoms with Crippen molar-refractivity contribution >= 4 is 17.8 Å². The molecule has 2 unspecified atom stereocenters. The third-order valence-electron chi connectivity index (χ3n) is 1.78. The summed E-state index contributed by atoms with van der Waals surface area (Å²) in [5, 5.41) is 22.2. The lowest BCUT2D eigenvalue weighted by atomic mass is 9.94. The fraction of sp³-hybridized carbons (Fsp3) is 0.500. The molecule has 0 aromatic rings. The van der Waals surface area contributed by atoms with Gasteiger partial charge >= 0.3 is 6.03 Å². The van der Waals surface area contributed by atoms with E-state index in [4.69, 9.17) is 10.8 Å². The van der Waals surface area contributed by atoms with Gasteiger partial charge < -0.3 is 21.3 Å². The lowest BCUT2D eigenvalue weighted by Crippen LogP contribution is -2.69. The molecule has 6 N–H and O–H groups in total. The van der Waals surface area contributed by atoms with Gasteiger partial charge in [-0.05, 0) is 0 Å². The number of carbonyl (C=O) groups excluding carboxylic acids is 3. The van der Waals surface area contributed by atoms with Crippen LogP contribution in [0.2, 0.25) is 0 Å². The number of nitrogens with one attached hydrogen (secondary N) is 2. The topological polar surface area (TPSA) is 142 Å². The van der Waals surface area contributed by atoms with Crippen LogP contribution in [0.25, 0.3) is 0 Å². The summed E-state index contributed by atoms with van der Waals surface area (Å²) in [7, 11) is 0. The lowest BCUT2D eigenvalue weighted by molar-refractivity contribution is -0.162. The molecule has 2 atom stereocenters. The van der Waals surface area contributed by atoms with Crippen LogP contribution < -0.4 is 16.4 Å². The second-order valence-corrected chi connectivity index (χ2v) is 2.90. The zero-order valence-electron chi connectivity index (χ0n) is 6.98. The predicted octanol–water partition coefficient (Wildman–Crippen LogP) is -3.25. The molecule has 14 heavy (non-hydrogen) atoms. The van der Waals surface area contributed by atoms with Gasteiger partial charge in [0.1, 0.15) is 0 Å². The third kappa shape index (κ3) is 1.65. The zero-order valence-corrected chi connectivity index (χ0v) is 6.98. The summed E-state index contributed by atoms with van der Waals surface area (Å²) in [4.78, 5) is 32.2. The smallest absolute Gasteiger partial charge is 0.323 e. The van der Waals surface area contributed by atoms with E-state index in [2.05, 4.69) is 0 Å². The molecule has 0 aliphatic carbocycles. The van der Waals surface area contributed by atoms with Crippen molar-refractivity contribution in [3.05, 3.63) is 0 Å². The maximum Gasteiger partial charge on any atom is 0.323 e. The minimum Gasteiger partial charge on any atom is -0.376 e. The van der Waals surface area contributed by atoms with E-state index >= 15 is 0 Å². The highest BCUT2D eigenvalue weighted by atomic mass is 16.4. The molecule has 1 fully saturated rings. The number of carbonyl (C=O) groups is 3. The molecule has 0 saturated carbocycles. The number of hydrogen-bond donors (Lipinski definition) is 5. The third-order valence-corrected chi connectivity index (χ3v) is 1.78. The lowest BCUT2D eigenvalue weighted by Gasteiger charge is -2.34. The summed E-state index contributed by atoms with van der Waals surface area (Å²) in [5.41, 5.74) is 2.36. The van der Waals surface area contributed by atoms with Gasteiger partial charge in [0.2, 0.25) is 5.91 Å². The number of rotatable bonds is 2. The number of aliphatic hydroxyl groups excluding tert-OH is 1. The van der Waals surface area contributed by atoms with Gasteiger partial charge in [-0.1, -0.05) is 0 Å². The molecular formula is C6H9N3O5. The maximum atomic E-state index is 11.1. The first-order valence-corrected chi connectivity index (χ1v) is 3.67. The second kappa shape index (κ2) is 3.24. The second-order valence-electron chi connectivity index (χ2n) is 2.90. The molecule has 0 aromatic carbocycles. The molecule has 8 nitrogen and oxygen atoms in total. The van der Waals surface area contributed by atoms with Crippen molar-refractivity contribution in [1.29, 1.82) is 0 Å². The number of aliphatic hydroxyl groups is 2. The molecule has 4 amide bonds. The number of primary amides is 1. The van der Waals surface area contributed by atoms with Crippen LogP contribution in [0.5, 0.6) is 0 Å². The Bertz CT molecular complexity index is 304. The van der Waals surface area contributed by atoms with E-state index in [1.165, 1.54) is 0 Å². The highest BCUT2D eigenvalue weighted by Gasteiger charge is 2.49. The maximum absolute atomic E-state index is 11.1. The largest absolute Gasteiger partial charge is 0.376 e. The average molecular weight is 203 g/mol. The van der Waals surface area contributed by atoms with E-state index in [-0.39, 0.29) is 0 Å². The van der Waals surface area contributed by atoms with E-state index in [1.54, 1.807) is 5.32 Å². The van der Waals surface area contributed by atoms with Gasteiger partial charge in [0.05, 0.1) is 6.42 Å². The van der Waals surface area contributed by atoms with Crippen molar-refractivity contribution in [3.8, 4) is 0 Å². The number of amides is 4. The Balaban J connectivity index is 2.89. The molecule has 1 aliphatic heterocycles. The van der Waals surface area contributed by atoms with Gasteiger partial charge in [-0.15, -0.1) is 0 Å². The van der Waals surface area contributed by atoms with Gasteiger partial charge in [-0.3, -0.25) is 14.9 Å². The number of imide groups is 1. The van der Waals surface area contributed by atoms with E-state index in [0.717, 1.165) is 0 Å². The minimum absolute atomic E-state index is 0.777. The van der Waals surface area contributed by atoms with Crippen LogP contribution >= 0.6 is 0 Å². The number of urea groups is 1. The average Bonchev–Trinajstić information content (AvgIpc) is 1.99. The van der Waals surface area contributed by atoms with Crippen molar-refractivity contribution in [2.75, 3.05) is 0 Å². The Morgan fingerprint density at radius 1 is 1.57 bits per heavy atom. The quantitative estimate of drug-likeness (QED) is 0.320. The van der Waals surface area contributed by atoms with Gasteiger partial charge in [-0.25, -0.2) is 4.79 Å². The highest BCUT2D eigenvalue weighted by molar-refractivity contribution is 6.03. The molecule has 1 saturated heterocycles. The summed E-state index contributed by atoms with van der Waals surface area (Å²) >= 11 is 0. The van der Waals surface area contributed by atoms with E-state index in [9.17, 15) is 19.5 Å². The molecule has 0 radical (unpaired) electrons. The monoisotopic (exact) mass is 203 g/mol. The van der Waals surface area contributed by atoms with E-state index in [1.807, 2.05) is 5.32 Å². The van der Waals surface area contributed by atoms with Crippen LogP contribution in [0.1, 0.15) is 6.42 Å². The number of hydrogen-bond acceptors (Lipinski definition) is 5. The highest BCUT2D eigenvalue weighted by Crippen LogP contribution is 2.16. The Morgan fingerprint density at radius 3 is 2.57 bits per heavy atom. The number of nitrogens with two attached hydrogens (primary N) is 1. The van der Waals surface area contributed by atoms with Crippen LogP contribution in [0.3, 0.4) is 0 Å². The first-order chi connectivity index (χ1) is 6.36. The van der Waals surface area contributed by atoms with Crippen molar-refractivity contribution in [1.82, 2.24) is 10.6 Å². The molecule has 1 heterocycles. The fourth-order valence-corrected chi connectivity index (χ4v) is 1.06. The van der Waals surface area contributed by atoms with Crippen molar-refractivity contribution in [2.45, 2.75) is 18.2 Å². The Morgan fingerprint density at radius 2 is 2.14 bits per heavy atom. The van der Waals surface area contributed by atoms with E-state index < -0.39 is 36.1 Å². The van der Waals surface area contributed by atoms with Gasteiger partial charge in [-0.2, -0.15) is 0 Å². The van der Waals surface area contributed by atoms with E-state index in [0.29, 0.717) is 0 Å². The predicted molar refractivity (Wildman–Crippen MR) is 41.4 cm³/mol. The van der Waals surface area contributed by atoms with Crippen molar-refractivity contribution in [2.24, 2.45) is 5.73 Å². The molecule has 1 aliphatic rings. The van der Waals surface area contributed by atoms with Crippen molar-refractivity contribution in [3.63, 3.8) is 0 Å². The van der Waals surface area contributed by atoms with Crippen LogP contribution in [0, 0.1) is 0 Å². The molecular weight excluding hydrogens is 194 g/mol. The Kier molecular flexibility index (Phi) is 2.41. The molecule has 0 aromatic heterocycles. The van der Waals surface area contributed by atoms with Gasteiger partial charge in [0, 0.05) is 0 Å². The Hall–Kier alpha value is -1.67.